The van der Waals surface area contributed by atoms with E-state index in [9.17, 15) is 14.7 Å². The highest BCUT2D eigenvalue weighted by atomic mass is 35.5. The van der Waals surface area contributed by atoms with Crippen molar-refractivity contribution in [2.75, 3.05) is 0 Å². The van der Waals surface area contributed by atoms with Crippen LogP contribution in [0.25, 0.3) is 6.08 Å². The van der Waals surface area contributed by atoms with Gasteiger partial charge < -0.3 is 5.11 Å². The molecule has 4 nitrogen and oxygen atoms in total. The standard InChI is InChI=1S/C16H15Cl2NO3S2/c1-8(2)5-12(15(21)22)19-14(20)13(24-16(19)23)6-9-3-4-10(17)7-11(9)18/h3-4,6-8,12H,5H2,1-2H3,(H,21,22)/b13-6+/t12-/m0/s1. The third-order valence-electron chi connectivity index (χ3n) is 3.36. The maximum Gasteiger partial charge on any atom is 0.326 e. The highest BCUT2D eigenvalue weighted by Crippen LogP contribution is 2.36. The van der Waals surface area contributed by atoms with E-state index in [4.69, 9.17) is 35.4 Å². The van der Waals surface area contributed by atoms with Crippen molar-refractivity contribution in [1.29, 1.82) is 0 Å². The number of halogens is 2. The van der Waals surface area contributed by atoms with Crippen LogP contribution in [0.4, 0.5) is 0 Å². The molecule has 0 aromatic heterocycles. The molecule has 0 radical (unpaired) electrons. The maximum absolute atomic E-state index is 12.6. The summed E-state index contributed by atoms with van der Waals surface area (Å²) in [6, 6.07) is 3.97. The van der Waals surface area contributed by atoms with Crippen LogP contribution in [0.3, 0.4) is 0 Å². The van der Waals surface area contributed by atoms with Gasteiger partial charge in [-0.1, -0.05) is 67.1 Å². The summed E-state index contributed by atoms with van der Waals surface area (Å²) in [5.41, 5.74) is 0.623. The SMILES string of the molecule is CC(C)C[C@@H](C(=O)O)N1C(=O)/C(=C\c2ccc(Cl)cc2Cl)SC1=S. The van der Waals surface area contributed by atoms with Crippen LogP contribution in [0.5, 0.6) is 0 Å². The molecule has 1 amide bonds. The first kappa shape index (κ1) is 19.2. The number of thiocarbonyl (C=S) groups is 1. The highest BCUT2D eigenvalue weighted by molar-refractivity contribution is 8.26. The zero-order chi connectivity index (χ0) is 18.0. The van der Waals surface area contributed by atoms with Gasteiger partial charge in [0, 0.05) is 10.0 Å². The predicted molar refractivity (Wildman–Crippen MR) is 102 cm³/mol. The molecule has 0 saturated carbocycles. The fraction of sp³-hybridized carbons (Fsp3) is 0.312. The molecule has 0 spiro atoms. The molecule has 24 heavy (non-hydrogen) atoms. The Labute approximate surface area is 159 Å². The third-order valence-corrected chi connectivity index (χ3v) is 5.26. The van der Waals surface area contributed by atoms with Crippen molar-refractivity contribution in [3.8, 4) is 0 Å². The predicted octanol–water partition coefficient (Wildman–Crippen LogP) is 4.69. The van der Waals surface area contributed by atoms with Crippen molar-refractivity contribution >= 4 is 69.5 Å². The number of carboxylic acid groups (broad SMARTS) is 1. The first-order valence-corrected chi connectivity index (χ1v) is 9.13. The van der Waals surface area contributed by atoms with E-state index >= 15 is 0 Å². The fourth-order valence-corrected chi connectivity index (χ4v) is 4.08. The highest BCUT2D eigenvalue weighted by Gasteiger charge is 2.40. The van der Waals surface area contributed by atoms with E-state index in [0.29, 0.717) is 26.9 Å². The summed E-state index contributed by atoms with van der Waals surface area (Å²) in [6.07, 6.45) is 1.93. The molecule has 1 fully saturated rings. The van der Waals surface area contributed by atoms with Gasteiger partial charge in [-0.05, 0) is 36.1 Å². The quantitative estimate of drug-likeness (QED) is 0.570. The number of thioether (sulfide) groups is 1. The van der Waals surface area contributed by atoms with Gasteiger partial charge in [0.25, 0.3) is 5.91 Å². The summed E-state index contributed by atoms with van der Waals surface area (Å²) in [4.78, 5) is 25.7. The molecule has 0 bridgehead atoms. The molecule has 128 valence electrons. The summed E-state index contributed by atoms with van der Waals surface area (Å²) >= 11 is 18.3. The second-order valence-corrected chi connectivity index (χ2v) is 8.22. The lowest BCUT2D eigenvalue weighted by Gasteiger charge is -2.24. The Morgan fingerprint density at radius 1 is 1.42 bits per heavy atom. The second kappa shape index (κ2) is 7.87. The molecule has 8 heteroatoms. The summed E-state index contributed by atoms with van der Waals surface area (Å²) in [6.45, 7) is 3.80. The van der Waals surface area contributed by atoms with Gasteiger partial charge in [-0.2, -0.15) is 0 Å². The van der Waals surface area contributed by atoms with Crippen molar-refractivity contribution in [3.63, 3.8) is 0 Å². The van der Waals surface area contributed by atoms with E-state index in [0.717, 1.165) is 11.8 Å². The number of aliphatic carboxylic acids is 1. The number of benzene rings is 1. The van der Waals surface area contributed by atoms with Crippen molar-refractivity contribution < 1.29 is 14.7 Å². The van der Waals surface area contributed by atoms with Crippen LogP contribution in [-0.2, 0) is 9.59 Å². The van der Waals surface area contributed by atoms with E-state index in [2.05, 4.69) is 0 Å². The number of hydrogen-bond acceptors (Lipinski definition) is 4. The van der Waals surface area contributed by atoms with Crippen LogP contribution in [0.2, 0.25) is 10.0 Å². The van der Waals surface area contributed by atoms with Crippen LogP contribution in [0.15, 0.2) is 23.1 Å². The van der Waals surface area contributed by atoms with Gasteiger partial charge in [-0.25, -0.2) is 4.79 Å². The topological polar surface area (TPSA) is 57.6 Å². The summed E-state index contributed by atoms with van der Waals surface area (Å²) < 4.78 is 0.240. The lowest BCUT2D eigenvalue weighted by molar-refractivity contribution is -0.145. The van der Waals surface area contributed by atoms with E-state index in [1.54, 1.807) is 24.3 Å². The first-order chi connectivity index (χ1) is 11.2. The molecule has 1 N–H and O–H groups in total. The Balaban J connectivity index is 2.33. The zero-order valence-electron chi connectivity index (χ0n) is 13.0. The van der Waals surface area contributed by atoms with Crippen molar-refractivity contribution in [2.24, 2.45) is 5.92 Å². The molecule has 2 rings (SSSR count). The summed E-state index contributed by atoms with van der Waals surface area (Å²) in [5.74, 6) is -1.36. The second-order valence-electron chi connectivity index (χ2n) is 5.70. The molecule has 1 aliphatic heterocycles. The number of rotatable bonds is 5. The van der Waals surface area contributed by atoms with Gasteiger partial charge in [0.1, 0.15) is 10.4 Å². The Hall–Kier alpha value is -1.08. The minimum atomic E-state index is -1.06. The Morgan fingerprint density at radius 3 is 2.62 bits per heavy atom. The molecular weight excluding hydrogens is 389 g/mol. The Kier molecular flexibility index (Phi) is 6.31. The lowest BCUT2D eigenvalue weighted by Crippen LogP contribution is -2.44. The molecule has 0 unspecified atom stereocenters. The molecule has 1 saturated heterocycles. The van der Waals surface area contributed by atoms with Crippen LogP contribution < -0.4 is 0 Å². The average Bonchev–Trinajstić information content (AvgIpc) is 2.74. The lowest BCUT2D eigenvalue weighted by atomic mass is 10.0. The van der Waals surface area contributed by atoms with Gasteiger partial charge in [-0.3, -0.25) is 9.69 Å². The van der Waals surface area contributed by atoms with E-state index in [-0.39, 0.29) is 10.2 Å². The molecular formula is C16H15Cl2NO3S2. The number of hydrogen-bond donors (Lipinski definition) is 1. The number of carbonyl (C=O) groups excluding carboxylic acids is 1. The van der Waals surface area contributed by atoms with Gasteiger partial charge in [-0.15, -0.1) is 0 Å². The molecule has 1 aliphatic rings. The minimum absolute atomic E-state index is 0.116. The van der Waals surface area contributed by atoms with Crippen LogP contribution in [0, 0.1) is 5.92 Å². The van der Waals surface area contributed by atoms with Crippen molar-refractivity contribution in [2.45, 2.75) is 26.3 Å². The minimum Gasteiger partial charge on any atom is -0.480 e. The maximum atomic E-state index is 12.6. The number of amides is 1. The van der Waals surface area contributed by atoms with E-state index < -0.39 is 17.9 Å². The Bertz CT molecular complexity index is 734. The summed E-state index contributed by atoms with van der Waals surface area (Å²) in [5, 5.41) is 10.4. The van der Waals surface area contributed by atoms with Crippen LogP contribution >= 0.6 is 47.2 Å². The molecule has 1 aromatic rings. The first-order valence-electron chi connectivity index (χ1n) is 7.15. The van der Waals surface area contributed by atoms with Crippen LogP contribution in [-0.4, -0.2) is 32.2 Å². The molecule has 1 aromatic carbocycles. The van der Waals surface area contributed by atoms with Gasteiger partial charge >= 0.3 is 5.97 Å². The molecule has 0 aliphatic carbocycles. The van der Waals surface area contributed by atoms with Gasteiger partial charge in [0.2, 0.25) is 0 Å². The largest absolute Gasteiger partial charge is 0.480 e. The van der Waals surface area contributed by atoms with Crippen LogP contribution in [0.1, 0.15) is 25.8 Å². The van der Waals surface area contributed by atoms with Crippen molar-refractivity contribution in [3.05, 3.63) is 38.7 Å². The average molecular weight is 404 g/mol. The smallest absolute Gasteiger partial charge is 0.326 e. The number of carbonyl (C=O) groups is 2. The Morgan fingerprint density at radius 2 is 2.08 bits per heavy atom. The fourth-order valence-electron chi connectivity index (χ4n) is 2.27. The molecule has 1 heterocycles. The summed E-state index contributed by atoms with van der Waals surface area (Å²) in [7, 11) is 0. The van der Waals surface area contributed by atoms with E-state index in [1.165, 1.54) is 4.90 Å². The van der Waals surface area contributed by atoms with Crippen molar-refractivity contribution in [1.82, 2.24) is 4.90 Å². The van der Waals surface area contributed by atoms with Gasteiger partial charge in [0.15, 0.2) is 0 Å². The monoisotopic (exact) mass is 403 g/mol. The normalized spacial score (nSPS) is 17.9. The van der Waals surface area contributed by atoms with Gasteiger partial charge in [0.05, 0.1) is 4.91 Å². The zero-order valence-corrected chi connectivity index (χ0v) is 16.1. The number of nitrogens with zero attached hydrogens (tertiary/aromatic N) is 1. The number of carboxylic acids is 1. The van der Waals surface area contributed by atoms with E-state index in [1.807, 2.05) is 13.8 Å². The molecule has 1 atom stereocenters. The third kappa shape index (κ3) is 4.30.